The number of aliphatic hydroxyl groups is 1. The van der Waals surface area contributed by atoms with Gasteiger partial charge in [0.1, 0.15) is 5.75 Å². The first kappa shape index (κ1) is 17.6. The van der Waals surface area contributed by atoms with Crippen molar-refractivity contribution >= 4 is 21.8 Å². The fourth-order valence-corrected chi connectivity index (χ4v) is 2.94. The van der Waals surface area contributed by atoms with Crippen LogP contribution < -0.4 is 15.5 Å². The topological polar surface area (TPSA) is 58.5 Å². The number of fused-ring (bicyclic) bond motifs is 3. The summed E-state index contributed by atoms with van der Waals surface area (Å²) in [5.41, 5.74) is 5.48. The summed E-state index contributed by atoms with van der Waals surface area (Å²) in [6.45, 7) is 7.26. The molecule has 25 heavy (non-hydrogen) atoms. The Bertz CT molecular complexity index is 864. The third kappa shape index (κ3) is 3.89. The van der Waals surface area contributed by atoms with E-state index < -0.39 is 6.10 Å². The average molecular weight is 341 g/mol. The smallest absolute Gasteiger partial charge is 0.121 e. The van der Waals surface area contributed by atoms with Crippen molar-refractivity contribution in [2.45, 2.75) is 32.4 Å². The van der Waals surface area contributed by atoms with E-state index in [0.717, 1.165) is 22.2 Å². The standard InChI is InChI=1S/C20H27N3O2/c1-20(2,3)21-12-14(24)13-22-23-18-8-6-5-7-16(18)17-10-9-15(25-4)11-19(17)23/h5-11,14,21-22,24H,12-13H2,1-4H3. The van der Waals surface area contributed by atoms with Gasteiger partial charge in [0.2, 0.25) is 0 Å². The minimum absolute atomic E-state index is 0.0127. The Morgan fingerprint density at radius 3 is 2.48 bits per heavy atom. The van der Waals surface area contributed by atoms with Crippen LogP contribution in [0.25, 0.3) is 21.8 Å². The van der Waals surface area contributed by atoms with Gasteiger partial charge in [-0.2, -0.15) is 0 Å². The molecular formula is C20H27N3O2. The number of aliphatic hydroxyl groups excluding tert-OH is 1. The fraction of sp³-hybridized carbons (Fsp3) is 0.400. The van der Waals surface area contributed by atoms with Crippen LogP contribution in [-0.2, 0) is 0 Å². The van der Waals surface area contributed by atoms with E-state index in [9.17, 15) is 5.11 Å². The molecule has 0 saturated heterocycles. The summed E-state index contributed by atoms with van der Waals surface area (Å²) in [5.74, 6) is 0.813. The third-order valence-electron chi connectivity index (χ3n) is 4.23. The van der Waals surface area contributed by atoms with Crippen molar-refractivity contribution in [3.63, 3.8) is 0 Å². The zero-order chi connectivity index (χ0) is 18.0. The first-order chi connectivity index (χ1) is 11.9. The van der Waals surface area contributed by atoms with Gasteiger partial charge in [-0.05, 0) is 39.0 Å². The number of β-amino-alcohol motifs (C(OH)–C–C–N with tert-alkyl or cyclic N) is 1. The monoisotopic (exact) mass is 341 g/mol. The van der Waals surface area contributed by atoms with Gasteiger partial charge in [-0.3, -0.25) is 4.68 Å². The molecular weight excluding hydrogens is 314 g/mol. The molecule has 1 aromatic heterocycles. The van der Waals surface area contributed by atoms with E-state index in [0.29, 0.717) is 13.1 Å². The van der Waals surface area contributed by atoms with Gasteiger partial charge in [-0.25, -0.2) is 0 Å². The van der Waals surface area contributed by atoms with E-state index >= 15 is 0 Å². The first-order valence-electron chi connectivity index (χ1n) is 8.63. The largest absolute Gasteiger partial charge is 0.497 e. The number of hydrogen-bond donors (Lipinski definition) is 3. The summed E-state index contributed by atoms with van der Waals surface area (Å²) in [4.78, 5) is 0. The molecule has 5 nitrogen and oxygen atoms in total. The van der Waals surface area contributed by atoms with Gasteiger partial charge in [0, 0.05) is 28.9 Å². The molecule has 0 fully saturated rings. The molecule has 1 heterocycles. The van der Waals surface area contributed by atoms with Crippen LogP contribution >= 0.6 is 0 Å². The lowest BCUT2D eigenvalue weighted by Crippen LogP contribution is -2.43. The quantitative estimate of drug-likeness (QED) is 0.645. The second-order valence-corrected chi connectivity index (χ2v) is 7.38. The maximum absolute atomic E-state index is 10.3. The number of nitrogens with zero attached hydrogens (tertiary/aromatic N) is 1. The molecule has 2 aromatic carbocycles. The molecule has 3 N–H and O–H groups in total. The van der Waals surface area contributed by atoms with Crippen molar-refractivity contribution in [3.05, 3.63) is 42.5 Å². The van der Waals surface area contributed by atoms with Crippen LogP contribution in [0.3, 0.4) is 0 Å². The summed E-state index contributed by atoms with van der Waals surface area (Å²) >= 11 is 0. The molecule has 0 bridgehead atoms. The zero-order valence-electron chi connectivity index (χ0n) is 15.3. The van der Waals surface area contributed by atoms with Crippen LogP contribution in [0.15, 0.2) is 42.5 Å². The van der Waals surface area contributed by atoms with Crippen molar-refractivity contribution in [1.29, 1.82) is 0 Å². The van der Waals surface area contributed by atoms with Gasteiger partial charge in [-0.1, -0.05) is 18.2 Å². The molecule has 3 aromatic rings. The van der Waals surface area contributed by atoms with Gasteiger partial charge in [0.05, 0.1) is 30.8 Å². The SMILES string of the molecule is COc1ccc2c3ccccc3n(NCC(O)CNC(C)(C)C)c2c1. The number of ether oxygens (including phenoxy) is 1. The molecule has 5 heteroatoms. The number of hydrogen-bond acceptors (Lipinski definition) is 4. The lowest BCUT2D eigenvalue weighted by Gasteiger charge is -2.23. The van der Waals surface area contributed by atoms with E-state index in [-0.39, 0.29) is 5.54 Å². The zero-order valence-corrected chi connectivity index (χ0v) is 15.3. The van der Waals surface area contributed by atoms with Gasteiger partial charge < -0.3 is 20.6 Å². The normalized spacial score (nSPS) is 13.3. The van der Waals surface area contributed by atoms with Crippen molar-refractivity contribution in [2.24, 2.45) is 0 Å². The van der Waals surface area contributed by atoms with E-state index in [4.69, 9.17) is 4.74 Å². The molecule has 0 spiro atoms. The highest BCUT2D eigenvalue weighted by atomic mass is 16.5. The number of benzene rings is 2. The number of rotatable bonds is 6. The average Bonchev–Trinajstić information content (AvgIpc) is 2.90. The summed E-state index contributed by atoms with van der Waals surface area (Å²) in [7, 11) is 1.67. The molecule has 0 amide bonds. The summed E-state index contributed by atoms with van der Waals surface area (Å²) in [6.07, 6.45) is -0.485. The van der Waals surface area contributed by atoms with Crippen LogP contribution in [0.4, 0.5) is 0 Å². The lowest BCUT2D eigenvalue weighted by molar-refractivity contribution is 0.170. The van der Waals surface area contributed by atoms with Gasteiger partial charge in [0.25, 0.3) is 0 Å². The van der Waals surface area contributed by atoms with Gasteiger partial charge in [-0.15, -0.1) is 0 Å². The summed E-state index contributed by atoms with van der Waals surface area (Å²) < 4.78 is 7.41. The number of para-hydroxylation sites is 1. The molecule has 0 saturated carbocycles. The summed E-state index contributed by atoms with van der Waals surface area (Å²) in [5, 5.41) is 16.0. The van der Waals surface area contributed by atoms with E-state index in [2.05, 4.69) is 49.7 Å². The molecule has 134 valence electrons. The Kier molecular flexibility index (Phi) is 4.88. The third-order valence-corrected chi connectivity index (χ3v) is 4.23. The van der Waals surface area contributed by atoms with Crippen molar-refractivity contribution in [1.82, 2.24) is 9.99 Å². The minimum atomic E-state index is -0.485. The maximum Gasteiger partial charge on any atom is 0.121 e. The first-order valence-corrected chi connectivity index (χ1v) is 8.63. The Hall–Kier alpha value is -2.24. The summed E-state index contributed by atoms with van der Waals surface area (Å²) in [6, 6.07) is 14.3. The highest BCUT2D eigenvalue weighted by molar-refractivity contribution is 6.08. The Balaban J connectivity index is 1.88. The van der Waals surface area contributed by atoms with Gasteiger partial charge in [0.15, 0.2) is 0 Å². The van der Waals surface area contributed by atoms with Crippen LogP contribution in [0.2, 0.25) is 0 Å². The minimum Gasteiger partial charge on any atom is -0.497 e. The van der Waals surface area contributed by atoms with Crippen LogP contribution in [-0.4, -0.2) is 41.6 Å². The second-order valence-electron chi connectivity index (χ2n) is 7.38. The molecule has 1 atom stereocenters. The van der Waals surface area contributed by atoms with E-state index in [1.807, 2.05) is 28.9 Å². The molecule has 1 unspecified atom stereocenters. The van der Waals surface area contributed by atoms with Crippen molar-refractivity contribution in [3.8, 4) is 5.75 Å². The maximum atomic E-state index is 10.3. The molecule has 0 aliphatic carbocycles. The van der Waals surface area contributed by atoms with Crippen LogP contribution in [0.5, 0.6) is 5.75 Å². The Morgan fingerprint density at radius 1 is 1.04 bits per heavy atom. The Morgan fingerprint density at radius 2 is 1.76 bits per heavy atom. The predicted molar refractivity (Wildman–Crippen MR) is 104 cm³/mol. The highest BCUT2D eigenvalue weighted by Crippen LogP contribution is 2.30. The fourth-order valence-electron chi connectivity index (χ4n) is 2.94. The van der Waals surface area contributed by atoms with Crippen molar-refractivity contribution in [2.75, 3.05) is 25.6 Å². The van der Waals surface area contributed by atoms with Crippen molar-refractivity contribution < 1.29 is 9.84 Å². The molecule has 0 radical (unpaired) electrons. The van der Waals surface area contributed by atoms with Crippen LogP contribution in [0, 0.1) is 0 Å². The molecule has 3 rings (SSSR count). The van der Waals surface area contributed by atoms with E-state index in [1.165, 1.54) is 5.39 Å². The van der Waals surface area contributed by atoms with Gasteiger partial charge >= 0.3 is 0 Å². The number of methoxy groups -OCH3 is 1. The lowest BCUT2D eigenvalue weighted by atomic mass is 10.1. The predicted octanol–water partition coefficient (Wildman–Crippen LogP) is 3.10. The molecule has 0 aliphatic heterocycles. The number of nitrogens with one attached hydrogen (secondary N) is 2. The second kappa shape index (κ2) is 6.94. The highest BCUT2D eigenvalue weighted by Gasteiger charge is 2.14. The van der Waals surface area contributed by atoms with Crippen LogP contribution in [0.1, 0.15) is 20.8 Å². The van der Waals surface area contributed by atoms with E-state index in [1.54, 1.807) is 7.11 Å². The molecule has 0 aliphatic rings. The number of aromatic nitrogens is 1. The Labute approximate surface area is 148 Å².